The number of rotatable bonds is 7. The predicted molar refractivity (Wildman–Crippen MR) is 132 cm³/mol. The minimum Gasteiger partial charge on any atom is -0.484 e. The molecule has 0 unspecified atom stereocenters. The molecule has 0 aliphatic heterocycles. The van der Waals surface area contributed by atoms with Crippen molar-refractivity contribution in [3.8, 4) is 16.9 Å². The molecule has 8 heteroatoms. The molecule has 0 fully saturated rings. The van der Waals surface area contributed by atoms with Crippen molar-refractivity contribution < 1.29 is 23.5 Å². The lowest BCUT2D eigenvalue weighted by atomic mass is 10.1. The van der Waals surface area contributed by atoms with Crippen LogP contribution in [0.15, 0.2) is 64.0 Å². The Bertz CT molecular complexity index is 1420. The fraction of sp³-hybridized carbons (Fsp3) is 0.192. The van der Waals surface area contributed by atoms with E-state index >= 15 is 0 Å². The summed E-state index contributed by atoms with van der Waals surface area (Å²) < 4.78 is 16.4. The molecule has 1 N–H and O–H groups in total. The van der Waals surface area contributed by atoms with E-state index in [2.05, 4.69) is 5.32 Å². The van der Waals surface area contributed by atoms with E-state index in [1.165, 1.54) is 17.6 Å². The van der Waals surface area contributed by atoms with Gasteiger partial charge in [-0.2, -0.15) is 0 Å². The first kappa shape index (κ1) is 23.3. The van der Waals surface area contributed by atoms with E-state index in [9.17, 15) is 14.4 Å². The van der Waals surface area contributed by atoms with E-state index in [0.717, 1.165) is 16.0 Å². The summed E-state index contributed by atoms with van der Waals surface area (Å²) >= 11 is 1.31. The third-order valence-corrected chi connectivity index (χ3v) is 6.44. The number of fused-ring (bicyclic) bond motifs is 1. The first-order valence-corrected chi connectivity index (χ1v) is 11.5. The third kappa shape index (κ3) is 4.72. The van der Waals surface area contributed by atoms with Crippen LogP contribution in [0.2, 0.25) is 0 Å². The van der Waals surface area contributed by atoms with E-state index in [-0.39, 0.29) is 18.6 Å². The number of hydrogen-bond acceptors (Lipinski definition) is 7. The van der Waals surface area contributed by atoms with E-state index < -0.39 is 11.9 Å². The third-order valence-electron chi connectivity index (χ3n) is 5.32. The quantitative estimate of drug-likeness (QED) is 0.362. The lowest BCUT2D eigenvalue weighted by Crippen LogP contribution is -2.21. The fourth-order valence-corrected chi connectivity index (χ4v) is 4.56. The Labute approximate surface area is 199 Å². The summed E-state index contributed by atoms with van der Waals surface area (Å²) in [5.41, 5.74) is 2.60. The highest BCUT2D eigenvalue weighted by Crippen LogP contribution is 2.33. The number of carbonyl (C=O) groups excluding carboxylic acids is 2. The molecule has 7 nitrogen and oxygen atoms in total. The Balaban J connectivity index is 1.48. The molecule has 34 heavy (non-hydrogen) atoms. The molecule has 0 aliphatic carbocycles. The number of nitrogens with one attached hydrogen (secondary N) is 1. The van der Waals surface area contributed by atoms with Crippen LogP contribution in [-0.2, 0) is 9.53 Å². The number of carbonyl (C=O) groups is 2. The largest absolute Gasteiger partial charge is 0.484 e. The molecule has 2 aromatic carbocycles. The van der Waals surface area contributed by atoms with Crippen molar-refractivity contribution in [3.63, 3.8) is 0 Å². The number of amides is 1. The Kier molecular flexibility index (Phi) is 6.79. The van der Waals surface area contributed by atoms with Crippen molar-refractivity contribution in [3.05, 3.63) is 81.0 Å². The Morgan fingerprint density at radius 3 is 2.59 bits per heavy atom. The molecule has 0 spiro atoms. The standard InChI is InChI=1S/C26H23NO6S/c1-4-31-26(30)23-15(2)16(3)34-25(23)27-22(28)14-32-18-10-11-19-21(12-18)33-13-20(24(19)29)17-8-6-5-7-9-17/h5-13H,4,14H2,1-3H3,(H,27,28). The van der Waals surface area contributed by atoms with Gasteiger partial charge in [-0.1, -0.05) is 30.3 Å². The van der Waals surface area contributed by atoms with Gasteiger partial charge >= 0.3 is 5.97 Å². The zero-order chi connectivity index (χ0) is 24.2. The Morgan fingerprint density at radius 2 is 1.85 bits per heavy atom. The van der Waals surface area contributed by atoms with Crippen molar-refractivity contribution in [1.29, 1.82) is 0 Å². The maximum Gasteiger partial charge on any atom is 0.341 e. The maximum atomic E-state index is 12.9. The number of aryl methyl sites for hydroxylation is 1. The molecule has 0 saturated carbocycles. The second-order valence-electron chi connectivity index (χ2n) is 7.55. The smallest absolute Gasteiger partial charge is 0.341 e. The maximum absolute atomic E-state index is 12.9. The van der Waals surface area contributed by atoms with Crippen molar-refractivity contribution in [2.24, 2.45) is 0 Å². The van der Waals surface area contributed by atoms with Crippen molar-refractivity contribution in [1.82, 2.24) is 0 Å². The number of anilines is 1. The van der Waals surface area contributed by atoms with Crippen LogP contribution in [0.25, 0.3) is 22.1 Å². The molecule has 0 atom stereocenters. The van der Waals surface area contributed by atoms with Gasteiger partial charge in [0.25, 0.3) is 5.91 Å². The number of thiophene rings is 1. The van der Waals surface area contributed by atoms with E-state index in [0.29, 0.717) is 32.8 Å². The molecule has 174 valence electrons. The van der Waals surface area contributed by atoms with E-state index in [4.69, 9.17) is 13.9 Å². The number of benzene rings is 2. The van der Waals surface area contributed by atoms with Gasteiger partial charge in [0.15, 0.2) is 12.0 Å². The summed E-state index contributed by atoms with van der Waals surface area (Å²) in [6, 6.07) is 14.1. The molecule has 0 radical (unpaired) electrons. The van der Waals surface area contributed by atoms with Gasteiger partial charge < -0.3 is 19.2 Å². The summed E-state index contributed by atoms with van der Waals surface area (Å²) in [5, 5.41) is 3.58. The molecule has 0 aliphatic rings. The second kappa shape index (κ2) is 9.93. The first-order chi connectivity index (χ1) is 16.4. The average molecular weight is 478 g/mol. The number of ether oxygens (including phenoxy) is 2. The lowest BCUT2D eigenvalue weighted by molar-refractivity contribution is -0.118. The topological polar surface area (TPSA) is 94.8 Å². The summed E-state index contributed by atoms with van der Waals surface area (Å²) in [6.07, 6.45) is 1.43. The zero-order valence-corrected chi connectivity index (χ0v) is 19.8. The minimum atomic E-state index is -0.472. The van der Waals surface area contributed by atoms with Crippen LogP contribution >= 0.6 is 11.3 Å². The minimum absolute atomic E-state index is 0.147. The van der Waals surface area contributed by atoms with E-state index in [1.807, 2.05) is 44.2 Å². The predicted octanol–water partition coefficient (Wildman–Crippen LogP) is 5.33. The summed E-state index contributed by atoms with van der Waals surface area (Å²) in [6.45, 7) is 5.38. The Hall–Kier alpha value is -3.91. The highest BCUT2D eigenvalue weighted by molar-refractivity contribution is 7.16. The molecule has 4 aromatic rings. The van der Waals surface area contributed by atoms with Gasteiger partial charge in [0, 0.05) is 10.9 Å². The highest BCUT2D eigenvalue weighted by Gasteiger charge is 2.22. The molecular formula is C26H23NO6S. The summed E-state index contributed by atoms with van der Waals surface area (Å²) in [4.78, 5) is 38.6. The van der Waals surface area contributed by atoms with Crippen molar-refractivity contribution in [2.75, 3.05) is 18.5 Å². The normalized spacial score (nSPS) is 10.8. The molecule has 0 saturated heterocycles. The van der Waals surface area contributed by atoms with Crippen molar-refractivity contribution >= 4 is 39.2 Å². The fourth-order valence-electron chi connectivity index (χ4n) is 3.49. The van der Waals surface area contributed by atoms with Crippen LogP contribution in [0.4, 0.5) is 5.00 Å². The van der Waals surface area contributed by atoms with Crippen LogP contribution in [0, 0.1) is 13.8 Å². The van der Waals surface area contributed by atoms with Gasteiger partial charge in [-0.15, -0.1) is 11.3 Å². The molecular weight excluding hydrogens is 454 g/mol. The Morgan fingerprint density at radius 1 is 1.09 bits per heavy atom. The summed E-state index contributed by atoms with van der Waals surface area (Å²) in [7, 11) is 0. The van der Waals surface area contributed by atoms with Crippen LogP contribution in [-0.4, -0.2) is 25.1 Å². The lowest BCUT2D eigenvalue weighted by Gasteiger charge is -2.09. The van der Waals surface area contributed by atoms with Gasteiger partial charge in [-0.3, -0.25) is 9.59 Å². The highest BCUT2D eigenvalue weighted by atomic mass is 32.1. The number of esters is 1. The summed E-state index contributed by atoms with van der Waals surface area (Å²) in [5.74, 6) is -0.518. The first-order valence-electron chi connectivity index (χ1n) is 10.7. The van der Waals surface area contributed by atoms with Gasteiger partial charge in [0.1, 0.15) is 22.6 Å². The van der Waals surface area contributed by atoms with Gasteiger partial charge in [-0.25, -0.2) is 4.79 Å². The van der Waals surface area contributed by atoms with Crippen LogP contribution in [0.3, 0.4) is 0 Å². The molecule has 0 bridgehead atoms. The van der Waals surface area contributed by atoms with Crippen molar-refractivity contribution in [2.45, 2.75) is 20.8 Å². The monoisotopic (exact) mass is 477 g/mol. The molecule has 2 aromatic heterocycles. The second-order valence-corrected chi connectivity index (χ2v) is 8.77. The van der Waals surface area contributed by atoms with Crippen LogP contribution in [0.5, 0.6) is 5.75 Å². The zero-order valence-electron chi connectivity index (χ0n) is 19.0. The van der Waals surface area contributed by atoms with Crippen LogP contribution in [0.1, 0.15) is 27.7 Å². The van der Waals surface area contributed by atoms with Gasteiger partial charge in [0.05, 0.1) is 23.1 Å². The SMILES string of the molecule is CCOC(=O)c1c(NC(=O)COc2ccc3c(=O)c(-c4ccccc4)coc3c2)sc(C)c1C. The molecule has 4 rings (SSSR count). The molecule has 1 amide bonds. The molecule has 2 heterocycles. The average Bonchev–Trinajstić information content (AvgIpc) is 3.11. The van der Waals surface area contributed by atoms with E-state index in [1.54, 1.807) is 25.1 Å². The van der Waals surface area contributed by atoms with Gasteiger partial charge in [-0.05, 0) is 44.0 Å². The van der Waals surface area contributed by atoms with Gasteiger partial charge in [0.2, 0.25) is 0 Å². The van der Waals surface area contributed by atoms with Crippen LogP contribution < -0.4 is 15.5 Å². The number of hydrogen-bond donors (Lipinski definition) is 1.